The zero-order valence-corrected chi connectivity index (χ0v) is 15.1. The van der Waals surface area contributed by atoms with E-state index in [1.807, 2.05) is 52.0 Å². The van der Waals surface area contributed by atoms with Crippen LogP contribution < -0.4 is 4.74 Å². The fourth-order valence-corrected chi connectivity index (χ4v) is 3.52. The van der Waals surface area contributed by atoms with Gasteiger partial charge in [0.2, 0.25) is 5.91 Å². The van der Waals surface area contributed by atoms with Crippen LogP contribution in [0.15, 0.2) is 42.6 Å². The molecule has 1 aliphatic heterocycles. The number of hydrogen-bond acceptors (Lipinski definition) is 4. The summed E-state index contributed by atoms with van der Waals surface area (Å²) in [7, 11) is 1.67. The predicted molar refractivity (Wildman–Crippen MR) is 99.2 cm³/mol. The van der Waals surface area contributed by atoms with Crippen LogP contribution in [0.4, 0.5) is 0 Å². The average Bonchev–Trinajstić information content (AvgIpc) is 3.11. The van der Waals surface area contributed by atoms with Gasteiger partial charge < -0.3 is 9.64 Å². The van der Waals surface area contributed by atoms with Crippen molar-refractivity contribution in [2.24, 2.45) is 0 Å². The van der Waals surface area contributed by atoms with Gasteiger partial charge in [0.05, 0.1) is 7.11 Å². The van der Waals surface area contributed by atoms with Crippen LogP contribution in [-0.2, 0) is 4.79 Å². The highest BCUT2D eigenvalue weighted by molar-refractivity contribution is 5.73. The Labute approximate surface area is 152 Å². The Bertz CT molecular complexity index is 950. The van der Waals surface area contributed by atoms with Gasteiger partial charge in [-0.3, -0.25) is 4.79 Å². The zero-order valence-electron chi connectivity index (χ0n) is 15.1. The van der Waals surface area contributed by atoms with Crippen molar-refractivity contribution in [1.29, 1.82) is 0 Å². The number of hydrogen-bond donors (Lipinski definition) is 0. The van der Waals surface area contributed by atoms with E-state index in [0.29, 0.717) is 6.54 Å². The van der Waals surface area contributed by atoms with Crippen LogP contribution in [0, 0.1) is 0 Å². The van der Waals surface area contributed by atoms with Gasteiger partial charge in [-0.1, -0.05) is 12.1 Å². The summed E-state index contributed by atoms with van der Waals surface area (Å²) in [6, 6.07) is 12.0. The summed E-state index contributed by atoms with van der Waals surface area (Å²) in [5, 5.41) is 4.70. The Hall–Kier alpha value is -2.89. The first kappa shape index (κ1) is 16.6. The van der Waals surface area contributed by atoms with E-state index in [-0.39, 0.29) is 11.8 Å². The normalized spacial score (nSPS) is 17.5. The largest absolute Gasteiger partial charge is 0.497 e. The number of fused-ring (bicyclic) bond motifs is 1. The Morgan fingerprint density at radius 3 is 2.92 bits per heavy atom. The molecule has 0 radical (unpaired) electrons. The molecule has 26 heavy (non-hydrogen) atoms. The van der Waals surface area contributed by atoms with Crippen molar-refractivity contribution in [3.8, 4) is 16.9 Å². The van der Waals surface area contributed by atoms with Gasteiger partial charge in [0.15, 0.2) is 11.5 Å². The number of nitrogens with zero attached hydrogens (tertiary/aromatic N) is 4. The van der Waals surface area contributed by atoms with Crippen LogP contribution in [0.25, 0.3) is 16.8 Å². The molecule has 1 atom stereocenters. The molecule has 0 unspecified atom stereocenters. The van der Waals surface area contributed by atoms with Gasteiger partial charge in [-0.2, -0.15) is 5.10 Å². The maximum absolute atomic E-state index is 11.7. The van der Waals surface area contributed by atoms with Crippen molar-refractivity contribution < 1.29 is 9.53 Å². The third-order valence-electron chi connectivity index (χ3n) is 4.98. The number of ether oxygens (including phenoxy) is 1. The van der Waals surface area contributed by atoms with E-state index in [9.17, 15) is 4.79 Å². The molecule has 0 spiro atoms. The molecule has 1 fully saturated rings. The number of rotatable bonds is 3. The molecule has 1 amide bonds. The lowest BCUT2D eigenvalue weighted by Crippen LogP contribution is -2.37. The van der Waals surface area contributed by atoms with E-state index in [0.717, 1.165) is 47.7 Å². The van der Waals surface area contributed by atoms with Gasteiger partial charge in [-0.05, 0) is 42.7 Å². The standard InChI is InChI=1S/C20H22N4O2/c1-14(25)23-10-4-6-17(12-23)20-21-19-9-8-16(13-24(19)22-20)15-5-3-7-18(11-15)26-2/h3,5,7-9,11,13,17H,4,6,10,12H2,1-2H3/t17-/m0/s1. The number of benzene rings is 1. The van der Waals surface area contributed by atoms with Gasteiger partial charge >= 0.3 is 0 Å². The number of carbonyl (C=O) groups excluding carboxylic acids is 1. The summed E-state index contributed by atoms with van der Waals surface area (Å²) in [5.74, 6) is 1.97. The number of methoxy groups -OCH3 is 1. The number of amides is 1. The van der Waals surface area contributed by atoms with Crippen molar-refractivity contribution in [3.63, 3.8) is 0 Å². The molecule has 0 saturated carbocycles. The van der Waals surface area contributed by atoms with E-state index >= 15 is 0 Å². The topological polar surface area (TPSA) is 59.7 Å². The maximum Gasteiger partial charge on any atom is 0.219 e. The molecule has 1 aliphatic rings. The van der Waals surface area contributed by atoms with Crippen LogP contribution in [-0.4, -0.2) is 45.6 Å². The highest BCUT2D eigenvalue weighted by atomic mass is 16.5. The molecule has 3 heterocycles. The Morgan fingerprint density at radius 2 is 2.12 bits per heavy atom. The molecule has 0 aliphatic carbocycles. The number of likely N-dealkylation sites (tertiary alicyclic amines) is 1. The summed E-state index contributed by atoms with van der Waals surface area (Å²) >= 11 is 0. The number of piperidine rings is 1. The number of carbonyl (C=O) groups is 1. The molecule has 4 rings (SSSR count). The molecular weight excluding hydrogens is 328 g/mol. The fourth-order valence-electron chi connectivity index (χ4n) is 3.52. The monoisotopic (exact) mass is 350 g/mol. The molecule has 0 bridgehead atoms. The molecule has 134 valence electrons. The molecule has 3 aromatic rings. The molecule has 6 heteroatoms. The minimum Gasteiger partial charge on any atom is -0.497 e. The van der Waals surface area contributed by atoms with E-state index in [1.54, 1.807) is 14.0 Å². The smallest absolute Gasteiger partial charge is 0.219 e. The third-order valence-corrected chi connectivity index (χ3v) is 4.98. The summed E-state index contributed by atoms with van der Waals surface area (Å²) < 4.78 is 7.14. The van der Waals surface area contributed by atoms with Crippen molar-refractivity contribution in [1.82, 2.24) is 19.5 Å². The molecular formula is C20H22N4O2. The maximum atomic E-state index is 11.7. The molecule has 1 saturated heterocycles. The number of pyridine rings is 1. The second kappa shape index (κ2) is 6.78. The summed E-state index contributed by atoms with van der Waals surface area (Å²) in [6.07, 6.45) is 4.00. The predicted octanol–water partition coefficient (Wildman–Crippen LogP) is 3.13. The highest BCUT2D eigenvalue weighted by Gasteiger charge is 2.26. The lowest BCUT2D eigenvalue weighted by molar-refractivity contribution is -0.130. The first-order valence-corrected chi connectivity index (χ1v) is 8.90. The van der Waals surface area contributed by atoms with Crippen LogP contribution in [0.5, 0.6) is 5.75 Å². The second-order valence-corrected chi connectivity index (χ2v) is 6.73. The van der Waals surface area contributed by atoms with Gasteiger partial charge in [-0.15, -0.1) is 0 Å². The van der Waals surface area contributed by atoms with E-state index in [2.05, 4.69) is 4.98 Å². The zero-order chi connectivity index (χ0) is 18.1. The summed E-state index contributed by atoms with van der Waals surface area (Å²) in [5.41, 5.74) is 2.96. The molecule has 0 N–H and O–H groups in total. The van der Waals surface area contributed by atoms with Crippen LogP contribution in [0.1, 0.15) is 31.5 Å². The Morgan fingerprint density at radius 1 is 1.23 bits per heavy atom. The van der Waals surface area contributed by atoms with Crippen LogP contribution in [0.3, 0.4) is 0 Å². The van der Waals surface area contributed by atoms with E-state index in [4.69, 9.17) is 9.84 Å². The van der Waals surface area contributed by atoms with Crippen LogP contribution >= 0.6 is 0 Å². The first-order chi connectivity index (χ1) is 12.6. The summed E-state index contributed by atoms with van der Waals surface area (Å²) in [4.78, 5) is 18.2. The SMILES string of the molecule is COc1cccc(-c2ccc3nc([C@H]4CCCN(C(C)=O)C4)nn3c2)c1. The fraction of sp³-hybridized carbons (Fsp3) is 0.350. The molecule has 6 nitrogen and oxygen atoms in total. The van der Waals surface area contributed by atoms with Gasteiger partial charge in [0.25, 0.3) is 0 Å². The second-order valence-electron chi connectivity index (χ2n) is 6.73. The van der Waals surface area contributed by atoms with Gasteiger partial charge in [-0.25, -0.2) is 9.50 Å². The van der Waals surface area contributed by atoms with Crippen molar-refractivity contribution in [2.75, 3.05) is 20.2 Å². The highest BCUT2D eigenvalue weighted by Crippen LogP contribution is 2.27. The van der Waals surface area contributed by atoms with Crippen molar-refractivity contribution in [2.45, 2.75) is 25.7 Å². The number of aromatic nitrogens is 3. The van der Waals surface area contributed by atoms with E-state index in [1.165, 1.54) is 0 Å². The first-order valence-electron chi connectivity index (χ1n) is 8.90. The lowest BCUT2D eigenvalue weighted by Gasteiger charge is -2.30. The minimum atomic E-state index is 0.124. The Balaban J connectivity index is 1.64. The van der Waals surface area contributed by atoms with Crippen molar-refractivity contribution in [3.05, 3.63) is 48.4 Å². The van der Waals surface area contributed by atoms with Crippen LogP contribution in [0.2, 0.25) is 0 Å². The summed E-state index contributed by atoms with van der Waals surface area (Å²) in [6.45, 7) is 3.16. The molecule has 1 aromatic carbocycles. The molecule has 2 aromatic heterocycles. The van der Waals surface area contributed by atoms with Crippen molar-refractivity contribution >= 4 is 11.6 Å². The minimum absolute atomic E-state index is 0.124. The van der Waals surface area contributed by atoms with E-state index < -0.39 is 0 Å². The average molecular weight is 350 g/mol. The quantitative estimate of drug-likeness (QED) is 0.728. The Kier molecular flexibility index (Phi) is 4.32. The van der Waals surface area contributed by atoms with Gasteiger partial charge in [0.1, 0.15) is 5.75 Å². The third kappa shape index (κ3) is 3.14. The lowest BCUT2D eigenvalue weighted by atomic mass is 9.97. The van der Waals surface area contributed by atoms with Gasteiger partial charge in [0, 0.05) is 37.7 Å².